The van der Waals surface area contributed by atoms with Crippen LogP contribution in [0, 0.1) is 0 Å². The van der Waals surface area contributed by atoms with Crippen LogP contribution < -0.4 is 5.32 Å². The van der Waals surface area contributed by atoms with E-state index in [1.807, 2.05) is 12.1 Å². The molecule has 0 saturated heterocycles. The molecule has 1 fully saturated rings. The van der Waals surface area contributed by atoms with Crippen LogP contribution in [0.5, 0.6) is 0 Å². The standard InChI is InChI=1S/C19H22N2O/c22-19(18-12-6-7-13-20-18)21-14-16-10-4-5-11-17(16)15-8-2-1-3-9-15/h4-7,10-13,15H,1-3,8-9,14H2,(H,21,22). The highest BCUT2D eigenvalue weighted by molar-refractivity contribution is 5.92. The van der Waals surface area contributed by atoms with E-state index in [0.717, 1.165) is 0 Å². The van der Waals surface area contributed by atoms with Crippen molar-refractivity contribution in [2.45, 2.75) is 44.6 Å². The lowest BCUT2D eigenvalue weighted by Crippen LogP contribution is -2.24. The first-order valence-corrected chi connectivity index (χ1v) is 8.11. The van der Waals surface area contributed by atoms with E-state index in [2.05, 4.69) is 34.6 Å². The Balaban J connectivity index is 1.69. The first-order valence-electron chi connectivity index (χ1n) is 8.11. The molecule has 1 saturated carbocycles. The molecule has 1 aliphatic carbocycles. The maximum atomic E-state index is 12.1. The molecule has 1 N–H and O–H groups in total. The van der Waals surface area contributed by atoms with Gasteiger partial charge in [-0.3, -0.25) is 9.78 Å². The van der Waals surface area contributed by atoms with Crippen molar-refractivity contribution in [1.29, 1.82) is 0 Å². The van der Waals surface area contributed by atoms with Crippen LogP contribution in [-0.2, 0) is 6.54 Å². The number of amides is 1. The number of nitrogens with zero attached hydrogens (tertiary/aromatic N) is 1. The topological polar surface area (TPSA) is 42.0 Å². The highest BCUT2D eigenvalue weighted by Crippen LogP contribution is 2.34. The Bertz CT molecular complexity index is 618. The van der Waals surface area contributed by atoms with Gasteiger partial charge < -0.3 is 5.32 Å². The Morgan fingerprint density at radius 3 is 2.59 bits per heavy atom. The molecule has 0 aliphatic heterocycles. The zero-order chi connectivity index (χ0) is 15.2. The Kier molecular flexibility index (Phi) is 4.84. The molecule has 3 heteroatoms. The molecule has 0 radical (unpaired) electrons. The van der Waals surface area contributed by atoms with E-state index < -0.39 is 0 Å². The molecule has 0 bridgehead atoms. The average Bonchev–Trinajstić information content (AvgIpc) is 2.61. The van der Waals surface area contributed by atoms with Crippen molar-refractivity contribution in [3.05, 3.63) is 65.5 Å². The van der Waals surface area contributed by atoms with Crippen LogP contribution in [0.4, 0.5) is 0 Å². The molecule has 3 nitrogen and oxygen atoms in total. The quantitative estimate of drug-likeness (QED) is 0.924. The summed E-state index contributed by atoms with van der Waals surface area (Å²) in [6, 6.07) is 13.9. The lowest BCUT2D eigenvalue weighted by atomic mass is 9.82. The second-order valence-electron chi connectivity index (χ2n) is 5.93. The smallest absolute Gasteiger partial charge is 0.270 e. The molecule has 1 aromatic carbocycles. The van der Waals surface area contributed by atoms with E-state index in [1.54, 1.807) is 12.3 Å². The summed E-state index contributed by atoms with van der Waals surface area (Å²) in [5.74, 6) is 0.538. The predicted octanol–water partition coefficient (Wildman–Crippen LogP) is 4.06. The highest BCUT2D eigenvalue weighted by atomic mass is 16.1. The number of hydrogen-bond acceptors (Lipinski definition) is 2. The van der Waals surface area contributed by atoms with E-state index in [0.29, 0.717) is 18.2 Å². The van der Waals surface area contributed by atoms with Crippen molar-refractivity contribution >= 4 is 5.91 Å². The molecule has 2 aromatic rings. The number of carbonyl (C=O) groups excluding carboxylic acids is 1. The molecule has 1 amide bonds. The van der Waals surface area contributed by atoms with Gasteiger partial charge in [0, 0.05) is 12.7 Å². The number of pyridine rings is 1. The maximum Gasteiger partial charge on any atom is 0.270 e. The number of nitrogens with one attached hydrogen (secondary N) is 1. The Labute approximate surface area is 131 Å². The fraction of sp³-hybridized carbons (Fsp3) is 0.368. The summed E-state index contributed by atoms with van der Waals surface area (Å²) in [4.78, 5) is 16.2. The van der Waals surface area contributed by atoms with Crippen molar-refractivity contribution in [2.75, 3.05) is 0 Å². The van der Waals surface area contributed by atoms with E-state index in [-0.39, 0.29) is 5.91 Å². The third-order valence-electron chi connectivity index (χ3n) is 4.44. The number of hydrogen-bond donors (Lipinski definition) is 1. The zero-order valence-electron chi connectivity index (χ0n) is 12.8. The van der Waals surface area contributed by atoms with Crippen molar-refractivity contribution in [3.63, 3.8) is 0 Å². The molecule has 1 aliphatic rings. The molecule has 0 spiro atoms. The van der Waals surface area contributed by atoms with Gasteiger partial charge in [0.25, 0.3) is 5.91 Å². The molecule has 0 atom stereocenters. The Morgan fingerprint density at radius 2 is 1.82 bits per heavy atom. The maximum absolute atomic E-state index is 12.1. The molecule has 3 rings (SSSR count). The second-order valence-corrected chi connectivity index (χ2v) is 5.93. The van der Waals surface area contributed by atoms with Crippen LogP contribution >= 0.6 is 0 Å². The lowest BCUT2D eigenvalue weighted by molar-refractivity contribution is 0.0946. The van der Waals surface area contributed by atoms with Gasteiger partial charge in [0.1, 0.15) is 5.69 Å². The van der Waals surface area contributed by atoms with Gasteiger partial charge in [-0.1, -0.05) is 49.6 Å². The van der Waals surface area contributed by atoms with Crippen LogP contribution in [0.15, 0.2) is 48.7 Å². The van der Waals surface area contributed by atoms with E-state index in [4.69, 9.17) is 0 Å². The van der Waals surface area contributed by atoms with Crippen molar-refractivity contribution < 1.29 is 4.79 Å². The van der Waals surface area contributed by atoms with Gasteiger partial charge in [-0.15, -0.1) is 0 Å². The third-order valence-corrected chi connectivity index (χ3v) is 4.44. The number of rotatable bonds is 4. The van der Waals surface area contributed by atoms with Crippen LogP contribution in [0.3, 0.4) is 0 Å². The summed E-state index contributed by atoms with van der Waals surface area (Å²) in [7, 11) is 0. The third kappa shape index (κ3) is 3.53. The number of benzene rings is 1. The zero-order valence-corrected chi connectivity index (χ0v) is 12.8. The van der Waals surface area contributed by atoms with Crippen molar-refractivity contribution in [1.82, 2.24) is 10.3 Å². The molecule has 0 unspecified atom stereocenters. The molecular formula is C19H22N2O. The molecule has 1 aromatic heterocycles. The van der Waals surface area contributed by atoms with Gasteiger partial charge in [0.05, 0.1) is 0 Å². The Morgan fingerprint density at radius 1 is 1.05 bits per heavy atom. The molecule has 1 heterocycles. The SMILES string of the molecule is O=C(NCc1ccccc1C1CCCCC1)c1ccccn1. The summed E-state index contributed by atoms with van der Waals surface area (Å²) in [5.41, 5.74) is 3.11. The largest absolute Gasteiger partial charge is 0.347 e. The van der Waals surface area contributed by atoms with Gasteiger partial charge in [-0.05, 0) is 42.0 Å². The summed E-state index contributed by atoms with van der Waals surface area (Å²) in [6.07, 6.45) is 8.18. The summed E-state index contributed by atoms with van der Waals surface area (Å²) < 4.78 is 0. The van der Waals surface area contributed by atoms with Gasteiger partial charge in [-0.2, -0.15) is 0 Å². The van der Waals surface area contributed by atoms with Gasteiger partial charge >= 0.3 is 0 Å². The van der Waals surface area contributed by atoms with Crippen LogP contribution in [0.1, 0.15) is 59.6 Å². The van der Waals surface area contributed by atoms with Gasteiger partial charge in [-0.25, -0.2) is 0 Å². The molecule has 114 valence electrons. The second kappa shape index (κ2) is 7.21. The summed E-state index contributed by atoms with van der Waals surface area (Å²) >= 11 is 0. The first kappa shape index (κ1) is 14.8. The first-order chi connectivity index (χ1) is 10.8. The summed E-state index contributed by atoms with van der Waals surface area (Å²) in [6.45, 7) is 0.572. The van der Waals surface area contributed by atoms with Crippen LogP contribution in [0.2, 0.25) is 0 Å². The normalized spacial score (nSPS) is 15.5. The average molecular weight is 294 g/mol. The van der Waals surface area contributed by atoms with Gasteiger partial charge in [0.2, 0.25) is 0 Å². The van der Waals surface area contributed by atoms with E-state index in [1.165, 1.54) is 43.2 Å². The lowest BCUT2D eigenvalue weighted by Gasteiger charge is -2.24. The fourth-order valence-electron chi connectivity index (χ4n) is 3.27. The Hall–Kier alpha value is -2.16. The predicted molar refractivity (Wildman–Crippen MR) is 87.7 cm³/mol. The minimum atomic E-state index is -0.112. The highest BCUT2D eigenvalue weighted by Gasteiger charge is 2.18. The number of aromatic nitrogens is 1. The molecule has 22 heavy (non-hydrogen) atoms. The number of carbonyl (C=O) groups is 1. The molecular weight excluding hydrogens is 272 g/mol. The van der Waals surface area contributed by atoms with Crippen molar-refractivity contribution in [2.24, 2.45) is 0 Å². The fourth-order valence-corrected chi connectivity index (χ4v) is 3.27. The minimum Gasteiger partial charge on any atom is -0.347 e. The van der Waals surface area contributed by atoms with Crippen molar-refractivity contribution in [3.8, 4) is 0 Å². The minimum absolute atomic E-state index is 0.112. The summed E-state index contributed by atoms with van der Waals surface area (Å²) in [5, 5.41) is 2.99. The van der Waals surface area contributed by atoms with Crippen LogP contribution in [0.25, 0.3) is 0 Å². The monoisotopic (exact) mass is 294 g/mol. The van der Waals surface area contributed by atoms with Crippen LogP contribution in [-0.4, -0.2) is 10.9 Å². The van der Waals surface area contributed by atoms with Gasteiger partial charge in [0.15, 0.2) is 0 Å². The van der Waals surface area contributed by atoms with E-state index in [9.17, 15) is 4.79 Å². The van der Waals surface area contributed by atoms with E-state index >= 15 is 0 Å².